The van der Waals surface area contributed by atoms with Gasteiger partial charge in [0.2, 0.25) is 0 Å². The fourth-order valence-corrected chi connectivity index (χ4v) is 3.73. The molecule has 1 amide bonds. The Balaban J connectivity index is 1.75. The number of fused-ring (bicyclic) bond motifs is 1. The number of carbonyl (C=O) groups is 1. The molecule has 2 N–H and O–H groups in total. The minimum absolute atomic E-state index is 0.000195. The van der Waals surface area contributed by atoms with E-state index >= 15 is 0 Å². The maximum absolute atomic E-state index is 12.9. The van der Waals surface area contributed by atoms with Gasteiger partial charge in [0.15, 0.2) is 0 Å². The molecule has 1 aromatic carbocycles. The monoisotopic (exact) mass is 342 g/mol. The van der Waals surface area contributed by atoms with Crippen LogP contribution in [-0.2, 0) is 6.42 Å². The summed E-state index contributed by atoms with van der Waals surface area (Å²) in [7, 11) is 6.17. The van der Waals surface area contributed by atoms with Crippen molar-refractivity contribution in [2.24, 2.45) is 0 Å². The summed E-state index contributed by atoms with van der Waals surface area (Å²) in [5.41, 5.74) is 2.23. The lowest BCUT2D eigenvalue weighted by Crippen LogP contribution is -2.42. The third-order valence-electron chi connectivity index (χ3n) is 5.30. The van der Waals surface area contributed by atoms with Crippen molar-refractivity contribution in [1.82, 2.24) is 20.1 Å². The Morgan fingerprint density at radius 1 is 1.16 bits per heavy atom. The number of aromatic nitrogens is 1. The smallest absolute Gasteiger partial charge is 0.326 e. The number of hydrogen-bond acceptors (Lipinski definition) is 3. The third-order valence-corrected chi connectivity index (χ3v) is 5.30. The SMILES string of the molecule is CNC1CCC(NC(=O)n2cc(CCN(C)C)c3ccccc32)CC1. The van der Waals surface area contributed by atoms with E-state index in [1.54, 1.807) is 4.57 Å². The zero-order valence-electron chi connectivity index (χ0n) is 15.6. The van der Waals surface area contributed by atoms with E-state index in [1.165, 1.54) is 10.9 Å². The highest BCUT2D eigenvalue weighted by atomic mass is 16.2. The van der Waals surface area contributed by atoms with Gasteiger partial charge in [0.1, 0.15) is 0 Å². The van der Waals surface area contributed by atoms with Crippen LogP contribution in [0.1, 0.15) is 31.2 Å². The number of nitrogens with one attached hydrogen (secondary N) is 2. The second-order valence-corrected chi connectivity index (χ2v) is 7.38. The lowest BCUT2D eigenvalue weighted by molar-refractivity contribution is 0.232. The number of para-hydroxylation sites is 1. The minimum Gasteiger partial charge on any atom is -0.335 e. The highest BCUT2D eigenvalue weighted by Crippen LogP contribution is 2.23. The minimum atomic E-state index is 0.000195. The van der Waals surface area contributed by atoms with E-state index < -0.39 is 0 Å². The van der Waals surface area contributed by atoms with Gasteiger partial charge in [-0.2, -0.15) is 0 Å². The first-order chi connectivity index (χ1) is 12.1. The van der Waals surface area contributed by atoms with Crippen molar-refractivity contribution in [1.29, 1.82) is 0 Å². The van der Waals surface area contributed by atoms with Gasteiger partial charge < -0.3 is 15.5 Å². The number of rotatable bonds is 5. The molecule has 0 radical (unpaired) electrons. The molecule has 136 valence electrons. The highest BCUT2D eigenvalue weighted by molar-refractivity contribution is 5.93. The maximum Gasteiger partial charge on any atom is 0.326 e. The van der Waals surface area contributed by atoms with Crippen molar-refractivity contribution in [3.05, 3.63) is 36.0 Å². The van der Waals surface area contributed by atoms with Gasteiger partial charge in [-0.25, -0.2) is 4.79 Å². The average molecular weight is 342 g/mol. The van der Waals surface area contributed by atoms with Crippen molar-refractivity contribution in [3.8, 4) is 0 Å². The molecule has 1 aromatic heterocycles. The molecule has 0 saturated heterocycles. The molecule has 0 spiro atoms. The molecule has 0 aliphatic heterocycles. The largest absolute Gasteiger partial charge is 0.335 e. The Bertz CT molecular complexity index is 714. The molecule has 1 aliphatic rings. The molecule has 25 heavy (non-hydrogen) atoms. The summed E-state index contributed by atoms with van der Waals surface area (Å²) in [6.45, 7) is 0.976. The fourth-order valence-electron chi connectivity index (χ4n) is 3.73. The molecular formula is C20H30N4O. The van der Waals surface area contributed by atoms with E-state index in [-0.39, 0.29) is 12.1 Å². The zero-order valence-corrected chi connectivity index (χ0v) is 15.6. The predicted octanol–water partition coefficient (Wildman–Crippen LogP) is 2.83. The average Bonchev–Trinajstić information content (AvgIpc) is 2.99. The quantitative estimate of drug-likeness (QED) is 0.878. The van der Waals surface area contributed by atoms with Crippen LogP contribution in [-0.4, -0.2) is 55.3 Å². The van der Waals surface area contributed by atoms with Crippen LogP contribution in [0.15, 0.2) is 30.5 Å². The van der Waals surface area contributed by atoms with Crippen molar-refractivity contribution >= 4 is 16.9 Å². The van der Waals surface area contributed by atoms with Crippen molar-refractivity contribution in [3.63, 3.8) is 0 Å². The van der Waals surface area contributed by atoms with E-state index in [0.29, 0.717) is 6.04 Å². The molecule has 3 rings (SSSR count). The van der Waals surface area contributed by atoms with Crippen LogP contribution in [0.25, 0.3) is 10.9 Å². The van der Waals surface area contributed by atoms with Crippen LogP contribution in [0.2, 0.25) is 0 Å². The number of benzene rings is 1. The lowest BCUT2D eigenvalue weighted by atomic mass is 9.91. The van der Waals surface area contributed by atoms with Crippen molar-refractivity contribution < 1.29 is 4.79 Å². The van der Waals surface area contributed by atoms with Crippen LogP contribution < -0.4 is 10.6 Å². The molecule has 5 heteroatoms. The Kier molecular flexibility index (Phi) is 5.76. The van der Waals surface area contributed by atoms with Crippen LogP contribution in [0.3, 0.4) is 0 Å². The van der Waals surface area contributed by atoms with Gasteiger partial charge in [-0.05, 0) is 64.9 Å². The molecule has 1 aliphatic carbocycles. The van der Waals surface area contributed by atoms with Crippen LogP contribution in [0.4, 0.5) is 4.79 Å². The second kappa shape index (κ2) is 8.02. The molecule has 1 fully saturated rings. The first-order valence-electron chi connectivity index (χ1n) is 9.30. The summed E-state index contributed by atoms with van der Waals surface area (Å²) in [6.07, 6.45) is 7.31. The van der Waals surface area contributed by atoms with Crippen molar-refractivity contribution in [2.45, 2.75) is 44.2 Å². The third kappa shape index (κ3) is 4.22. The van der Waals surface area contributed by atoms with E-state index in [0.717, 1.165) is 44.2 Å². The molecular weight excluding hydrogens is 312 g/mol. The maximum atomic E-state index is 12.9. The highest BCUT2D eigenvalue weighted by Gasteiger charge is 2.22. The summed E-state index contributed by atoms with van der Waals surface area (Å²) < 4.78 is 1.80. The molecule has 0 bridgehead atoms. The number of amides is 1. The normalized spacial score (nSPS) is 21.0. The molecule has 0 atom stereocenters. The van der Waals surface area contributed by atoms with Gasteiger partial charge in [0.25, 0.3) is 0 Å². The van der Waals surface area contributed by atoms with Gasteiger partial charge in [-0.1, -0.05) is 18.2 Å². The van der Waals surface area contributed by atoms with Gasteiger partial charge in [-0.3, -0.25) is 4.57 Å². The summed E-state index contributed by atoms with van der Waals surface area (Å²) in [6, 6.07) is 9.07. The van der Waals surface area contributed by atoms with Gasteiger partial charge in [0, 0.05) is 30.2 Å². The summed E-state index contributed by atoms with van der Waals surface area (Å²) in [5, 5.41) is 7.75. The Morgan fingerprint density at radius 2 is 1.84 bits per heavy atom. The molecule has 0 unspecified atom stereocenters. The Morgan fingerprint density at radius 3 is 2.52 bits per heavy atom. The van der Waals surface area contributed by atoms with Crippen LogP contribution in [0, 0.1) is 0 Å². The Hall–Kier alpha value is -1.85. The molecule has 2 aromatic rings. The van der Waals surface area contributed by atoms with Gasteiger partial charge >= 0.3 is 6.03 Å². The number of likely N-dealkylation sites (N-methyl/N-ethyl adjacent to an activating group) is 1. The first kappa shape index (κ1) is 18.0. The lowest BCUT2D eigenvalue weighted by Gasteiger charge is -2.28. The summed E-state index contributed by atoms with van der Waals surface area (Å²) >= 11 is 0. The van der Waals surface area contributed by atoms with Crippen LogP contribution in [0.5, 0.6) is 0 Å². The van der Waals surface area contributed by atoms with Gasteiger partial charge in [0.05, 0.1) is 5.52 Å². The summed E-state index contributed by atoms with van der Waals surface area (Å²) in [4.78, 5) is 15.0. The fraction of sp³-hybridized carbons (Fsp3) is 0.550. The van der Waals surface area contributed by atoms with Crippen molar-refractivity contribution in [2.75, 3.05) is 27.7 Å². The molecule has 1 saturated carbocycles. The first-order valence-corrected chi connectivity index (χ1v) is 9.30. The molecule has 1 heterocycles. The number of hydrogen-bond donors (Lipinski definition) is 2. The molecule has 5 nitrogen and oxygen atoms in total. The standard InChI is InChI=1S/C20H30N4O/c1-21-16-8-10-17(11-9-16)22-20(25)24-14-15(12-13-23(2)3)18-6-4-5-7-19(18)24/h4-7,14,16-17,21H,8-13H2,1-3H3,(H,22,25). The summed E-state index contributed by atoms with van der Waals surface area (Å²) in [5.74, 6) is 0. The topological polar surface area (TPSA) is 49.3 Å². The van der Waals surface area contributed by atoms with Crippen LogP contribution >= 0.6 is 0 Å². The number of carbonyl (C=O) groups excluding carboxylic acids is 1. The van der Waals surface area contributed by atoms with E-state index in [9.17, 15) is 4.79 Å². The Labute approximate surface area is 150 Å². The van der Waals surface area contributed by atoms with E-state index in [4.69, 9.17) is 0 Å². The zero-order chi connectivity index (χ0) is 17.8. The predicted molar refractivity (Wildman–Crippen MR) is 103 cm³/mol. The van der Waals surface area contributed by atoms with E-state index in [1.807, 2.05) is 31.4 Å². The number of nitrogens with zero attached hydrogens (tertiary/aromatic N) is 2. The van der Waals surface area contributed by atoms with E-state index in [2.05, 4.69) is 35.7 Å². The second-order valence-electron chi connectivity index (χ2n) is 7.38. The van der Waals surface area contributed by atoms with Gasteiger partial charge in [-0.15, -0.1) is 0 Å².